The monoisotopic (exact) mass is 777 g/mol. The molecule has 2 heterocycles. The van der Waals surface area contributed by atoms with Crippen molar-refractivity contribution >= 4 is 40.4 Å². The van der Waals surface area contributed by atoms with Crippen LogP contribution in [-0.2, 0) is 6.42 Å². The number of nitrogens with zero attached hydrogens (tertiary/aromatic N) is 1. The highest BCUT2D eigenvalue weighted by atomic mass is 32.2. The third-order valence-corrected chi connectivity index (χ3v) is 16.4. The van der Waals surface area contributed by atoms with E-state index in [1.807, 2.05) is 11.8 Å². The summed E-state index contributed by atoms with van der Waals surface area (Å²) in [5, 5.41) is 2.06. The summed E-state index contributed by atoms with van der Waals surface area (Å²) in [7, 11) is 0. The van der Waals surface area contributed by atoms with Gasteiger partial charge in [-0.3, -0.25) is 0 Å². The molecule has 7 atom stereocenters. The van der Waals surface area contributed by atoms with Crippen LogP contribution in [-0.4, -0.2) is 16.2 Å². The van der Waals surface area contributed by atoms with Crippen LogP contribution in [0.4, 0.5) is 0 Å². The van der Waals surface area contributed by atoms with Crippen LogP contribution in [0.2, 0.25) is 0 Å². The third-order valence-electron chi connectivity index (χ3n) is 13.7. The Balaban J connectivity index is 0.947. The van der Waals surface area contributed by atoms with E-state index in [9.17, 15) is 0 Å². The van der Waals surface area contributed by atoms with Gasteiger partial charge in [0, 0.05) is 44.2 Å². The van der Waals surface area contributed by atoms with Gasteiger partial charge < -0.3 is 4.90 Å². The molecule has 284 valence electrons. The van der Waals surface area contributed by atoms with Gasteiger partial charge in [0.25, 0.3) is 0 Å². The first-order valence-corrected chi connectivity index (χ1v) is 23.3. The predicted molar refractivity (Wildman–Crippen MR) is 243 cm³/mol. The van der Waals surface area contributed by atoms with Crippen LogP contribution in [0, 0.1) is 17.8 Å². The maximum absolute atomic E-state index is 2.81. The Kier molecular flexibility index (Phi) is 9.56. The first-order chi connectivity index (χ1) is 28.3. The molecule has 0 saturated heterocycles. The Labute approximate surface area is 347 Å². The number of thiophene rings is 1. The number of hydrogen-bond acceptors (Lipinski definition) is 3. The van der Waals surface area contributed by atoms with E-state index >= 15 is 0 Å². The highest BCUT2D eigenvalue weighted by Crippen LogP contribution is 2.50. The lowest BCUT2D eigenvalue weighted by Gasteiger charge is -2.40. The third kappa shape index (κ3) is 6.56. The van der Waals surface area contributed by atoms with Crippen molar-refractivity contribution < 1.29 is 0 Å². The van der Waals surface area contributed by atoms with Gasteiger partial charge in [-0.2, -0.15) is 0 Å². The van der Waals surface area contributed by atoms with Crippen molar-refractivity contribution in [1.29, 1.82) is 0 Å². The predicted octanol–water partition coefficient (Wildman–Crippen LogP) is 12.4. The summed E-state index contributed by atoms with van der Waals surface area (Å²) in [6, 6.07) is 20.5. The summed E-state index contributed by atoms with van der Waals surface area (Å²) in [5.74, 6) is 2.33. The van der Waals surface area contributed by atoms with E-state index in [1.165, 1.54) is 59.5 Å². The van der Waals surface area contributed by atoms with Crippen molar-refractivity contribution in [3.8, 4) is 0 Å². The maximum atomic E-state index is 2.81. The van der Waals surface area contributed by atoms with Crippen LogP contribution >= 0.6 is 23.1 Å². The summed E-state index contributed by atoms with van der Waals surface area (Å²) in [6.45, 7) is 0. The van der Waals surface area contributed by atoms with Crippen molar-refractivity contribution in [3.05, 3.63) is 200 Å². The molecule has 0 spiro atoms. The zero-order valence-corrected chi connectivity index (χ0v) is 34.3. The van der Waals surface area contributed by atoms with E-state index in [4.69, 9.17) is 0 Å². The second-order valence-electron chi connectivity index (χ2n) is 17.0. The minimum Gasteiger partial charge on any atom is -0.337 e. The average molecular weight is 778 g/mol. The normalized spacial score (nSPS) is 29.3. The SMILES string of the molecule is C1=CC(c2ccccc2)C(C2C=CC(N(C3=CCC(C4=CC5c6ccccc6SC5C=C4)C=C3)C3=c4sc5c(c4=CCC3)CCC=C5C3=CCCC=C3)CC2)C=C1. The van der Waals surface area contributed by atoms with Crippen molar-refractivity contribution in [2.45, 2.75) is 85.8 Å². The van der Waals surface area contributed by atoms with Crippen molar-refractivity contribution in [2.75, 3.05) is 0 Å². The molecule has 0 amide bonds. The van der Waals surface area contributed by atoms with Gasteiger partial charge in [0.2, 0.25) is 0 Å². The van der Waals surface area contributed by atoms with E-state index in [1.54, 1.807) is 11.3 Å². The summed E-state index contributed by atoms with van der Waals surface area (Å²) in [5.41, 5.74) is 11.9. The molecular weight excluding hydrogens is 727 g/mol. The number of thioether (sulfide) groups is 1. The Morgan fingerprint density at radius 1 is 0.684 bits per heavy atom. The highest BCUT2D eigenvalue weighted by Gasteiger charge is 2.35. The molecule has 3 aromatic rings. The van der Waals surface area contributed by atoms with Gasteiger partial charge in [0.05, 0.1) is 10.6 Å². The first kappa shape index (κ1) is 35.6. The van der Waals surface area contributed by atoms with Crippen molar-refractivity contribution in [3.63, 3.8) is 0 Å². The quantitative estimate of drug-likeness (QED) is 0.220. The van der Waals surface area contributed by atoms with Gasteiger partial charge in [-0.25, -0.2) is 0 Å². The molecule has 0 fully saturated rings. The van der Waals surface area contributed by atoms with Crippen LogP contribution in [0.3, 0.4) is 0 Å². The molecule has 7 unspecified atom stereocenters. The fraction of sp³-hybridized carbons (Fsp3) is 0.296. The molecule has 3 heteroatoms. The molecule has 57 heavy (non-hydrogen) atoms. The number of hydrogen-bond donors (Lipinski definition) is 0. The van der Waals surface area contributed by atoms with Gasteiger partial charge in [0.1, 0.15) is 0 Å². The molecule has 7 aliphatic carbocycles. The fourth-order valence-electron chi connectivity index (χ4n) is 10.9. The topological polar surface area (TPSA) is 3.24 Å². The minimum atomic E-state index is 0.340. The van der Waals surface area contributed by atoms with Crippen molar-refractivity contribution in [2.24, 2.45) is 17.8 Å². The summed E-state index contributed by atoms with van der Waals surface area (Å²) in [4.78, 5) is 5.79. The lowest BCUT2D eigenvalue weighted by atomic mass is 9.72. The Morgan fingerprint density at radius 2 is 1.58 bits per heavy atom. The van der Waals surface area contributed by atoms with Crippen LogP contribution in [0.15, 0.2) is 174 Å². The molecule has 11 rings (SSSR count). The zero-order chi connectivity index (χ0) is 37.7. The highest BCUT2D eigenvalue weighted by molar-refractivity contribution is 8.00. The smallest absolute Gasteiger partial charge is 0.0544 e. The number of fused-ring (bicyclic) bond motifs is 6. The van der Waals surface area contributed by atoms with E-state index in [0.29, 0.717) is 40.9 Å². The number of benzene rings is 2. The maximum Gasteiger partial charge on any atom is 0.0544 e. The number of rotatable bonds is 7. The minimum absolute atomic E-state index is 0.340. The zero-order valence-electron chi connectivity index (χ0n) is 32.7. The fourth-order valence-corrected chi connectivity index (χ4v) is 13.7. The van der Waals surface area contributed by atoms with Gasteiger partial charge in [-0.05, 0) is 120 Å². The molecule has 0 saturated carbocycles. The second-order valence-corrected chi connectivity index (χ2v) is 19.2. The van der Waals surface area contributed by atoms with E-state index < -0.39 is 0 Å². The van der Waals surface area contributed by atoms with E-state index in [-0.39, 0.29) is 0 Å². The van der Waals surface area contributed by atoms with Crippen molar-refractivity contribution in [1.82, 2.24) is 4.90 Å². The molecule has 1 aliphatic heterocycles. The molecule has 0 bridgehead atoms. The Bertz CT molecular complexity index is 2520. The largest absolute Gasteiger partial charge is 0.337 e. The Hall–Kier alpha value is -4.57. The molecule has 8 aliphatic rings. The molecule has 1 nitrogen and oxygen atoms in total. The number of allylic oxidation sites excluding steroid dienone is 17. The van der Waals surface area contributed by atoms with Gasteiger partial charge in [0.15, 0.2) is 0 Å². The van der Waals surface area contributed by atoms with Gasteiger partial charge in [-0.1, -0.05) is 146 Å². The van der Waals surface area contributed by atoms with Crippen LogP contribution in [0.25, 0.3) is 17.3 Å². The van der Waals surface area contributed by atoms with E-state index in [0.717, 1.165) is 51.4 Å². The van der Waals surface area contributed by atoms with Crippen LogP contribution in [0.1, 0.15) is 84.8 Å². The van der Waals surface area contributed by atoms with Gasteiger partial charge in [-0.15, -0.1) is 23.1 Å². The van der Waals surface area contributed by atoms with E-state index in [2.05, 4.69) is 174 Å². The van der Waals surface area contributed by atoms with Gasteiger partial charge >= 0.3 is 0 Å². The standard InChI is InChI=1S/C54H51NS2/c1-3-13-37(14-4-1)43-17-7-8-18-44(43)39-27-32-42(33-28-39)55(41-30-25-36(26-31-41)40-29-34-52-49(35-40)46-19-9-10-24-51(46)56-52)50-23-12-22-48-47-21-11-20-45(53(47)57-54(48)50)38-15-5-2-6-16-38/h1,3-5,7-10,13-20,22,24-25,27,29-32,34-36,39,42-44,49,52H,2,6,11-12,21,23,26,28,33H2. The lowest BCUT2D eigenvalue weighted by molar-refractivity contribution is 0.312. The summed E-state index contributed by atoms with van der Waals surface area (Å²) >= 11 is 4.12. The molecular formula is C54H51NS2. The first-order valence-electron chi connectivity index (χ1n) is 21.6. The van der Waals surface area contributed by atoms with Crippen LogP contribution < -0.4 is 9.75 Å². The molecule has 2 aromatic carbocycles. The molecule has 0 N–H and O–H groups in total. The van der Waals surface area contributed by atoms with Crippen LogP contribution in [0.5, 0.6) is 0 Å². The molecule has 1 aromatic heterocycles. The summed E-state index contributed by atoms with van der Waals surface area (Å²) < 4.78 is 1.53. The second kappa shape index (κ2) is 15.3. The average Bonchev–Trinajstić information content (AvgIpc) is 3.86. The summed E-state index contributed by atoms with van der Waals surface area (Å²) in [6.07, 6.45) is 52.3. The Morgan fingerprint density at radius 3 is 2.44 bits per heavy atom. The molecule has 0 radical (unpaired) electrons. The lowest BCUT2D eigenvalue weighted by Crippen LogP contribution is -2.41.